The Labute approximate surface area is 106 Å². The lowest BCUT2D eigenvalue weighted by Gasteiger charge is -2.22. The average molecular weight is 231 g/mol. The van der Waals surface area contributed by atoms with Gasteiger partial charge in [0.25, 0.3) is 0 Å². The lowest BCUT2D eigenvalue weighted by atomic mass is 9.95. The molecule has 2 rings (SSSR count). The number of nitrogens with one attached hydrogen (secondary N) is 1. The van der Waals surface area contributed by atoms with Crippen molar-refractivity contribution in [3.63, 3.8) is 0 Å². The second kappa shape index (κ2) is 6.80. The average Bonchev–Trinajstić information content (AvgIpc) is 2.38. The molecule has 1 saturated carbocycles. The summed E-state index contributed by atoms with van der Waals surface area (Å²) in [6.07, 6.45) is 9.56. The molecule has 1 heteroatoms. The lowest BCUT2D eigenvalue weighted by molar-refractivity contribution is 0.372. The van der Waals surface area contributed by atoms with Gasteiger partial charge in [0.15, 0.2) is 0 Å². The smallest absolute Gasteiger partial charge is 0.00670 e. The molecule has 0 unspecified atom stereocenters. The van der Waals surface area contributed by atoms with Crippen LogP contribution in [0.2, 0.25) is 0 Å². The number of benzene rings is 1. The highest BCUT2D eigenvalue weighted by Crippen LogP contribution is 2.17. The van der Waals surface area contributed by atoms with E-state index in [4.69, 9.17) is 0 Å². The van der Waals surface area contributed by atoms with Crippen molar-refractivity contribution in [3.8, 4) is 0 Å². The molecule has 1 aromatic rings. The maximum Gasteiger partial charge on any atom is 0.00670 e. The molecule has 1 N–H and O–H groups in total. The van der Waals surface area contributed by atoms with Crippen molar-refractivity contribution >= 4 is 0 Å². The minimum Gasteiger partial charge on any atom is -0.314 e. The Morgan fingerprint density at radius 3 is 2.47 bits per heavy atom. The van der Waals surface area contributed by atoms with Crippen molar-refractivity contribution in [1.82, 2.24) is 5.32 Å². The molecule has 0 radical (unpaired) electrons. The van der Waals surface area contributed by atoms with Crippen LogP contribution in [0, 0.1) is 6.92 Å². The Bertz CT molecular complexity index is 309. The molecule has 17 heavy (non-hydrogen) atoms. The van der Waals surface area contributed by atoms with Gasteiger partial charge in [-0.2, -0.15) is 0 Å². The number of hydrogen-bond acceptors (Lipinski definition) is 1. The van der Waals surface area contributed by atoms with Gasteiger partial charge in [-0.15, -0.1) is 0 Å². The Morgan fingerprint density at radius 1 is 1.06 bits per heavy atom. The van der Waals surface area contributed by atoms with E-state index in [1.807, 2.05) is 0 Å². The first-order valence-electron chi connectivity index (χ1n) is 7.13. The lowest BCUT2D eigenvalue weighted by Crippen LogP contribution is -2.31. The van der Waals surface area contributed by atoms with Crippen LogP contribution in [0.1, 0.15) is 49.7 Å². The number of hydrogen-bond donors (Lipinski definition) is 1. The number of aryl methyl sites for hydroxylation is 2. The van der Waals surface area contributed by atoms with Crippen LogP contribution in [0.15, 0.2) is 24.3 Å². The SMILES string of the molecule is Cc1ccc(CCCNC2CCCCC2)cc1. The van der Waals surface area contributed by atoms with Crippen LogP contribution < -0.4 is 5.32 Å². The molecular formula is C16H25N. The van der Waals surface area contributed by atoms with E-state index in [2.05, 4.69) is 36.5 Å². The molecular weight excluding hydrogens is 206 g/mol. The fourth-order valence-electron chi connectivity index (χ4n) is 2.66. The first-order chi connectivity index (χ1) is 8.34. The summed E-state index contributed by atoms with van der Waals surface area (Å²) in [4.78, 5) is 0. The van der Waals surface area contributed by atoms with E-state index in [1.165, 1.54) is 62.6 Å². The van der Waals surface area contributed by atoms with Crippen molar-refractivity contribution in [2.45, 2.75) is 57.9 Å². The summed E-state index contributed by atoms with van der Waals surface area (Å²) in [6, 6.07) is 9.75. The molecule has 1 aromatic carbocycles. The molecule has 1 aliphatic carbocycles. The molecule has 94 valence electrons. The highest BCUT2D eigenvalue weighted by atomic mass is 14.9. The predicted molar refractivity (Wildman–Crippen MR) is 74.4 cm³/mol. The van der Waals surface area contributed by atoms with E-state index in [-0.39, 0.29) is 0 Å². The summed E-state index contributed by atoms with van der Waals surface area (Å²) >= 11 is 0. The van der Waals surface area contributed by atoms with Crippen LogP contribution >= 0.6 is 0 Å². The summed E-state index contributed by atoms with van der Waals surface area (Å²) in [7, 11) is 0. The highest BCUT2D eigenvalue weighted by Gasteiger charge is 2.11. The normalized spacial score (nSPS) is 17.2. The van der Waals surface area contributed by atoms with E-state index in [9.17, 15) is 0 Å². The first-order valence-corrected chi connectivity index (χ1v) is 7.13. The monoisotopic (exact) mass is 231 g/mol. The first kappa shape index (κ1) is 12.6. The Hall–Kier alpha value is -0.820. The fourth-order valence-corrected chi connectivity index (χ4v) is 2.66. The molecule has 1 nitrogen and oxygen atoms in total. The molecule has 0 bridgehead atoms. The molecule has 0 aliphatic heterocycles. The van der Waals surface area contributed by atoms with Gasteiger partial charge in [-0.1, -0.05) is 49.1 Å². The molecule has 0 saturated heterocycles. The van der Waals surface area contributed by atoms with Gasteiger partial charge in [0, 0.05) is 6.04 Å². The topological polar surface area (TPSA) is 12.0 Å². The maximum atomic E-state index is 3.70. The third kappa shape index (κ3) is 4.51. The third-order valence-electron chi connectivity index (χ3n) is 3.80. The number of rotatable bonds is 5. The molecule has 0 spiro atoms. The summed E-state index contributed by atoms with van der Waals surface area (Å²) < 4.78 is 0. The van der Waals surface area contributed by atoms with Gasteiger partial charge < -0.3 is 5.32 Å². The van der Waals surface area contributed by atoms with Gasteiger partial charge in [0.05, 0.1) is 0 Å². The molecule has 1 aliphatic rings. The van der Waals surface area contributed by atoms with Crippen LogP contribution in [0.3, 0.4) is 0 Å². The van der Waals surface area contributed by atoms with E-state index in [0.29, 0.717) is 0 Å². The molecule has 0 aromatic heterocycles. The molecule has 1 fully saturated rings. The Kier molecular flexibility index (Phi) is 5.06. The largest absolute Gasteiger partial charge is 0.314 e. The van der Waals surface area contributed by atoms with Gasteiger partial charge in [0.2, 0.25) is 0 Å². The summed E-state index contributed by atoms with van der Waals surface area (Å²) in [5, 5.41) is 3.70. The molecule has 0 heterocycles. The summed E-state index contributed by atoms with van der Waals surface area (Å²) in [5.41, 5.74) is 2.83. The maximum absolute atomic E-state index is 3.70. The zero-order valence-corrected chi connectivity index (χ0v) is 11.0. The molecule has 0 atom stereocenters. The second-order valence-corrected chi connectivity index (χ2v) is 5.38. The minimum atomic E-state index is 0.807. The van der Waals surface area contributed by atoms with Crippen molar-refractivity contribution in [1.29, 1.82) is 0 Å². The molecule has 0 amide bonds. The fraction of sp³-hybridized carbons (Fsp3) is 0.625. The third-order valence-corrected chi connectivity index (χ3v) is 3.80. The van der Waals surface area contributed by atoms with E-state index >= 15 is 0 Å². The van der Waals surface area contributed by atoms with Crippen LogP contribution in [0.4, 0.5) is 0 Å². The summed E-state index contributed by atoms with van der Waals surface area (Å²) in [5.74, 6) is 0. The van der Waals surface area contributed by atoms with E-state index in [0.717, 1.165) is 6.04 Å². The summed E-state index contributed by atoms with van der Waals surface area (Å²) in [6.45, 7) is 3.33. The van der Waals surface area contributed by atoms with Crippen LogP contribution in [-0.4, -0.2) is 12.6 Å². The Balaban J connectivity index is 1.60. The minimum absolute atomic E-state index is 0.807. The van der Waals surface area contributed by atoms with Crippen molar-refractivity contribution in [2.75, 3.05) is 6.54 Å². The van der Waals surface area contributed by atoms with Gasteiger partial charge in [-0.05, 0) is 44.7 Å². The van der Waals surface area contributed by atoms with E-state index in [1.54, 1.807) is 0 Å². The van der Waals surface area contributed by atoms with Gasteiger partial charge >= 0.3 is 0 Å². The highest BCUT2D eigenvalue weighted by molar-refractivity contribution is 5.21. The standard InChI is InChI=1S/C16H25N/c1-14-9-11-15(12-10-14)6-5-13-17-16-7-3-2-4-8-16/h9-12,16-17H,2-8,13H2,1H3. The zero-order valence-electron chi connectivity index (χ0n) is 11.0. The van der Waals surface area contributed by atoms with E-state index < -0.39 is 0 Å². The van der Waals surface area contributed by atoms with Crippen LogP contribution in [-0.2, 0) is 6.42 Å². The zero-order chi connectivity index (χ0) is 11.9. The quantitative estimate of drug-likeness (QED) is 0.759. The predicted octanol–water partition coefficient (Wildman–Crippen LogP) is 3.85. The Morgan fingerprint density at radius 2 is 1.76 bits per heavy atom. The van der Waals surface area contributed by atoms with Crippen LogP contribution in [0.25, 0.3) is 0 Å². The van der Waals surface area contributed by atoms with Crippen molar-refractivity contribution < 1.29 is 0 Å². The van der Waals surface area contributed by atoms with Gasteiger partial charge in [-0.3, -0.25) is 0 Å². The van der Waals surface area contributed by atoms with Gasteiger partial charge in [0.1, 0.15) is 0 Å². The van der Waals surface area contributed by atoms with Crippen molar-refractivity contribution in [2.24, 2.45) is 0 Å². The van der Waals surface area contributed by atoms with Crippen LogP contribution in [0.5, 0.6) is 0 Å². The van der Waals surface area contributed by atoms with Crippen molar-refractivity contribution in [3.05, 3.63) is 35.4 Å². The second-order valence-electron chi connectivity index (χ2n) is 5.38. The van der Waals surface area contributed by atoms with Gasteiger partial charge in [-0.25, -0.2) is 0 Å².